The molecule has 6 heteroatoms. The molecule has 0 radical (unpaired) electrons. The summed E-state index contributed by atoms with van der Waals surface area (Å²) in [7, 11) is 0. The minimum atomic E-state index is -0.551. The maximum Gasteiger partial charge on any atom is 0.226 e. The van der Waals surface area contributed by atoms with Crippen LogP contribution < -0.4 is 10.6 Å². The molecule has 0 fully saturated rings. The molecule has 0 aromatic heterocycles. The Morgan fingerprint density at radius 1 is 0.857 bits per heavy atom. The lowest BCUT2D eigenvalue weighted by Gasteiger charge is -2.36. The second-order valence-corrected chi connectivity index (χ2v) is 12.7. The van der Waals surface area contributed by atoms with Crippen molar-refractivity contribution in [3.8, 4) is 0 Å². The van der Waals surface area contributed by atoms with Gasteiger partial charge in [-0.3, -0.25) is 14.4 Å². The van der Waals surface area contributed by atoms with Gasteiger partial charge in [0.15, 0.2) is 0 Å². The second-order valence-electron chi connectivity index (χ2n) is 12.7. The molecule has 0 saturated heterocycles. The van der Waals surface area contributed by atoms with E-state index in [2.05, 4.69) is 45.3 Å². The number of ketones is 1. The van der Waals surface area contributed by atoms with E-state index in [1.54, 1.807) is 0 Å². The topological polar surface area (TPSA) is 84.5 Å². The summed E-state index contributed by atoms with van der Waals surface area (Å²) in [6.45, 7) is 27.2. The number of rotatable bonds is 15. The van der Waals surface area contributed by atoms with E-state index in [9.17, 15) is 14.4 Å². The first-order valence-corrected chi connectivity index (χ1v) is 13.6. The van der Waals surface area contributed by atoms with Crippen LogP contribution >= 0.6 is 0 Å². The van der Waals surface area contributed by atoms with Gasteiger partial charge < -0.3 is 15.4 Å². The summed E-state index contributed by atoms with van der Waals surface area (Å²) in [4.78, 5) is 36.9. The van der Waals surface area contributed by atoms with Gasteiger partial charge in [0.2, 0.25) is 11.8 Å². The minimum absolute atomic E-state index is 0.0319. The highest BCUT2D eigenvalue weighted by atomic mass is 16.5. The van der Waals surface area contributed by atoms with Crippen LogP contribution in [0.3, 0.4) is 0 Å². The van der Waals surface area contributed by atoms with Crippen molar-refractivity contribution in [1.29, 1.82) is 0 Å². The highest BCUT2D eigenvalue weighted by Crippen LogP contribution is 2.29. The number of amides is 2. The van der Waals surface area contributed by atoms with Gasteiger partial charge >= 0.3 is 0 Å². The monoisotopic (exact) mass is 498 g/mol. The van der Waals surface area contributed by atoms with Gasteiger partial charge in [-0.2, -0.15) is 0 Å². The first-order chi connectivity index (χ1) is 15.8. The molecule has 208 valence electrons. The van der Waals surface area contributed by atoms with E-state index in [4.69, 9.17) is 4.74 Å². The highest BCUT2D eigenvalue weighted by Gasteiger charge is 2.34. The molecular weight excluding hydrogens is 440 g/mol. The normalized spacial score (nSPS) is 13.4. The van der Waals surface area contributed by atoms with Crippen molar-refractivity contribution in [2.24, 2.45) is 16.7 Å². The van der Waals surface area contributed by atoms with Crippen LogP contribution in [0.1, 0.15) is 129 Å². The van der Waals surface area contributed by atoms with Crippen molar-refractivity contribution >= 4 is 17.6 Å². The van der Waals surface area contributed by atoms with Crippen LogP contribution in [0.4, 0.5) is 0 Å². The van der Waals surface area contributed by atoms with Gasteiger partial charge in [0, 0.05) is 42.9 Å². The summed E-state index contributed by atoms with van der Waals surface area (Å²) >= 11 is 0. The number of carbonyl (C=O) groups excluding carboxylic acids is 3. The van der Waals surface area contributed by atoms with Crippen molar-refractivity contribution < 1.29 is 19.1 Å². The molecule has 1 unspecified atom stereocenters. The molecular formula is C29H58N2O4. The van der Waals surface area contributed by atoms with E-state index < -0.39 is 11.0 Å². The molecule has 2 amide bonds. The van der Waals surface area contributed by atoms with Crippen LogP contribution in [-0.4, -0.2) is 41.9 Å². The lowest BCUT2D eigenvalue weighted by Crippen LogP contribution is -2.50. The average Bonchev–Trinajstić information content (AvgIpc) is 2.70. The van der Waals surface area contributed by atoms with Crippen molar-refractivity contribution in [1.82, 2.24) is 10.6 Å². The molecule has 6 nitrogen and oxygen atoms in total. The van der Waals surface area contributed by atoms with Crippen LogP contribution in [0.15, 0.2) is 0 Å². The van der Waals surface area contributed by atoms with Gasteiger partial charge in [-0.1, -0.05) is 62.3 Å². The van der Waals surface area contributed by atoms with Crippen LogP contribution in [0.5, 0.6) is 0 Å². The Morgan fingerprint density at radius 3 is 1.89 bits per heavy atom. The first-order valence-electron chi connectivity index (χ1n) is 13.6. The summed E-state index contributed by atoms with van der Waals surface area (Å²) in [6, 6.07) is 0. The van der Waals surface area contributed by atoms with Crippen LogP contribution in [0.25, 0.3) is 0 Å². The summed E-state index contributed by atoms with van der Waals surface area (Å²) in [5, 5.41) is 6.04. The van der Waals surface area contributed by atoms with Crippen molar-refractivity contribution in [3.63, 3.8) is 0 Å². The molecule has 0 bridgehead atoms. The lowest BCUT2D eigenvalue weighted by molar-refractivity contribution is -0.133. The largest absolute Gasteiger partial charge is 0.376 e. The molecule has 0 aromatic rings. The van der Waals surface area contributed by atoms with Gasteiger partial charge in [-0.15, -0.1) is 0 Å². The van der Waals surface area contributed by atoms with E-state index in [0.717, 1.165) is 12.8 Å². The van der Waals surface area contributed by atoms with Gasteiger partial charge in [0.25, 0.3) is 0 Å². The van der Waals surface area contributed by atoms with Crippen LogP contribution in [0.2, 0.25) is 0 Å². The van der Waals surface area contributed by atoms with E-state index >= 15 is 0 Å². The number of ether oxygens (including phenoxy) is 1. The smallest absolute Gasteiger partial charge is 0.226 e. The van der Waals surface area contributed by atoms with Gasteiger partial charge in [-0.25, -0.2) is 0 Å². The summed E-state index contributed by atoms with van der Waals surface area (Å²) in [6.07, 6.45) is 3.60. The Morgan fingerprint density at radius 2 is 1.40 bits per heavy atom. The third kappa shape index (κ3) is 17.6. The Bertz CT molecular complexity index is 646. The molecule has 0 aliphatic rings. The van der Waals surface area contributed by atoms with Gasteiger partial charge in [-0.05, 0) is 58.8 Å². The van der Waals surface area contributed by atoms with Crippen molar-refractivity contribution in [3.05, 3.63) is 0 Å². The van der Waals surface area contributed by atoms with E-state index in [0.29, 0.717) is 38.8 Å². The number of carbonyl (C=O) groups is 3. The third-order valence-electron chi connectivity index (χ3n) is 6.07. The van der Waals surface area contributed by atoms with Crippen molar-refractivity contribution in [2.45, 2.75) is 140 Å². The van der Waals surface area contributed by atoms with Crippen molar-refractivity contribution in [2.75, 3.05) is 13.2 Å². The number of hydrogen-bond donors (Lipinski definition) is 2. The molecule has 1 atom stereocenters. The van der Waals surface area contributed by atoms with E-state index in [1.807, 2.05) is 55.4 Å². The quantitative estimate of drug-likeness (QED) is 0.271. The predicted molar refractivity (Wildman–Crippen MR) is 147 cm³/mol. The molecule has 0 saturated carbocycles. The third-order valence-corrected chi connectivity index (χ3v) is 6.07. The van der Waals surface area contributed by atoms with Crippen LogP contribution in [-0.2, 0) is 19.1 Å². The standard InChI is InChI=1S/C27H52N2O4.C2H6/c1-12-20(2)21(30)14-17-28-22(31)13-15-27(10,11)33-18-16-25(6,7)23(32)29-26(8,9)19-24(3,4)5;1-2/h20H,12-19H2,1-11H3,(H,28,31)(H,29,32);1-2H3. The maximum atomic E-state index is 12.9. The fraction of sp³-hybridized carbons (Fsp3) is 0.897. The Labute approximate surface area is 217 Å². The van der Waals surface area contributed by atoms with Gasteiger partial charge in [0.05, 0.1) is 5.60 Å². The molecule has 35 heavy (non-hydrogen) atoms. The average molecular weight is 499 g/mol. The number of hydrogen-bond acceptors (Lipinski definition) is 4. The summed E-state index contributed by atoms with van der Waals surface area (Å²) in [5.41, 5.74) is -1.17. The number of Topliss-reactive ketones (excluding diaryl/α,β-unsaturated/α-hetero) is 1. The molecule has 0 aliphatic carbocycles. The molecule has 0 spiro atoms. The molecule has 0 aromatic carbocycles. The Hall–Kier alpha value is -1.43. The molecule has 0 heterocycles. The summed E-state index contributed by atoms with van der Waals surface area (Å²) < 4.78 is 6.05. The van der Waals surface area contributed by atoms with Crippen LogP contribution in [0, 0.1) is 16.7 Å². The minimum Gasteiger partial charge on any atom is -0.376 e. The fourth-order valence-electron chi connectivity index (χ4n) is 3.92. The maximum absolute atomic E-state index is 12.9. The predicted octanol–water partition coefficient (Wildman–Crippen LogP) is 6.46. The zero-order valence-electron chi connectivity index (χ0n) is 25.4. The molecule has 2 N–H and O–H groups in total. The lowest BCUT2D eigenvalue weighted by atomic mass is 9.80. The molecule has 0 aliphatic heterocycles. The first kappa shape index (κ1) is 35.7. The van der Waals surface area contributed by atoms with E-state index in [-0.39, 0.29) is 34.5 Å². The second kappa shape index (κ2) is 15.6. The van der Waals surface area contributed by atoms with E-state index in [1.165, 1.54) is 0 Å². The zero-order valence-corrected chi connectivity index (χ0v) is 25.4. The fourth-order valence-corrected chi connectivity index (χ4v) is 3.92. The SMILES string of the molecule is CC.CCC(C)C(=O)CCNC(=O)CCC(C)(C)OCCC(C)(C)C(=O)NC(C)(C)CC(C)(C)C. The highest BCUT2D eigenvalue weighted by molar-refractivity contribution is 5.82. The summed E-state index contributed by atoms with van der Waals surface area (Å²) in [5.74, 6) is 0.203. The zero-order chi connectivity index (χ0) is 28.1. The van der Waals surface area contributed by atoms with Gasteiger partial charge in [0.1, 0.15) is 5.78 Å². The Balaban J connectivity index is 0. The number of nitrogens with one attached hydrogen (secondary N) is 2. The molecule has 0 rings (SSSR count). The Kier molecular flexibility index (Phi) is 16.0.